The van der Waals surface area contributed by atoms with Crippen LogP contribution >= 0.6 is 0 Å². The summed E-state index contributed by atoms with van der Waals surface area (Å²) in [4.78, 5) is 12.5. The first kappa shape index (κ1) is 10.8. The van der Waals surface area contributed by atoms with Gasteiger partial charge < -0.3 is 5.11 Å². The highest BCUT2D eigenvalue weighted by molar-refractivity contribution is 6.19. The van der Waals surface area contributed by atoms with Gasteiger partial charge in [-0.25, -0.2) is 0 Å². The van der Waals surface area contributed by atoms with Crippen molar-refractivity contribution in [2.24, 2.45) is 0 Å². The first-order valence-corrected chi connectivity index (χ1v) is 5.77. The highest BCUT2D eigenvalue weighted by atomic mass is 16.3. The third-order valence-corrected chi connectivity index (χ3v) is 3.49. The van der Waals surface area contributed by atoms with Crippen molar-refractivity contribution < 1.29 is 9.90 Å². The second-order valence-electron chi connectivity index (χ2n) is 4.49. The van der Waals surface area contributed by atoms with Gasteiger partial charge in [0, 0.05) is 16.7 Å². The second kappa shape index (κ2) is 3.57. The fourth-order valence-electron chi connectivity index (χ4n) is 2.47. The Morgan fingerprint density at radius 3 is 2.39 bits per heavy atom. The predicted molar refractivity (Wildman–Crippen MR) is 70.9 cm³/mol. The molecule has 1 aliphatic carbocycles. The van der Waals surface area contributed by atoms with E-state index in [4.69, 9.17) is 0 Å². The van der Waals surface area contributed by atoms with E-state index in [9.17, 15) is 9.90 Å². The molecule has 2 aromatic rings. The molecule has 0 heterocycles. The normalized spacial score (nSPS) is 13.2. The zero-order valence-corrected chi connectivity index (χ0v) is 10.0. The van der Waals surface area contributed by atoms with Crippen molar-refractivity contribution in [1.29, 1.82) is 0 Å². The van der Waals surface area contributed by atoms with Gasteiger partial charge in [0.2, 0.25) is 0 Å². The molecule has 0 fully saturated rings. The van der Waals surface area contributed by atoms with Gasteiger partial charge in [-0.2, -0.15) is 0 Å². The van der Waals surface area contributed by atoms with E-state index in [1.807, 2.05) is 18.2 Å². The molecule has 18 heavy (non-hydrogen) atoms. The maximum atomic E-state index is 12.5. The Balaban J connectivity index is 2.38. The fraction of sp³-hybridized carbons (Fsp3) is 0.0625. The fourth-order valence-corrected chi connectivity index (χ4v) is 2.47. The van der Waals surface area contributed by atoms with Gasteiger partial charge in [-0.15, -0.1) is 0 Å². The van der Waals surface area contributed by atoms with Crippen molar-refractivity contribution >= 4 is 11.4 Å². The molecular weight excluding hydrogens is 224 g/mol. The number of carbonyl (C=O) groups excluding carboxylic acids is 1. The molecule has 0 atom stereocenters. The number of hydrogen-bond donors (Lipinski definition) is 1. The third-order valence-electron chi connectivity index (χ3n) is 3.49. The smallest absolute Gasteiger partial charge is 0.194 e. The number of benzene rings is 2. The largest absolute Gasteiger partial charge is 0.508 e. The number of ketones is 1. The SMILES string of the molecule is C=C1c2ccccc2C(=O)c2c1ccc(O)c2C. The van der Waals surface area contributed by atoms with Gasteiger partial charge in [-0.05, 0) is 35.8 Å². The van der Waals surface area contributed by atoms with E-state index in [-0.39, 0.29) is 11.5 Å². The molecule has 0 unspecified atom stereocenters. The Morgan fingerprint density at radius 2 is 1.67 bits per heavy atom. The molecule has 0 saturated carbocycles. The summed E-state index contributed by atoms with van der Waals surface area (Å²) in [6.45, 7) is 5.83. The molecule has 0 radical (unpaired) electrons. The van der Waals surface area contributed by atoms with Crippen LogP contribution in [-0.2, 0) is 0 Å². The Kier molecular flexibility index (Phi) is 2.14. The lowest BCUT2D eigenvalue weighted by atomic mass is 9.80. The zero-order chi connectivity index (χ0) is 12.9. The van der Waals surface area contributed by atoms with Crippen LogP contribution < -0.4 is 0 Å². The van der Waals surface area contributed by atoms with Crippen LogP contribution in [0.3, 0.4) is 0 Å². The van der Waals surface area contributed by atoms with Crippen LogP contribution in [0.25, 0.3) is 5.57 Å². The Labute approximate surface area is 105 Å². The lowest BCUT2D eigenvalue weighted by Crippen LogP contribution is -2.15. The third kappa shape index (κ3) is 1.26. The average molecular weight is 236 g/mol. The zero-order valence-electron chi connectivity index (χ0n) is 10.0. The highest BCUT2D eigenvalue weighted by Crippen LogP contribution is 2.38. The Morgan fingerprint density at radius 1 is 1.00 bits per heavy atom. The maximum absolute atomic E-state index is 12.5. The molecule has 88 valence electrons. The van der Waals surface area contributed by atoms with Crippen LogP contribution in [0.5, 0.6) is 5.75 Å². The number of rotatable bonds is 0. The topological polar surface area (TPSA) is 37.3 Å². The van der Waals surface area contributed by atoms with E-state index in [0.717, 1.165) is 16.7 Å². The van der Waals surface area contributed by atoms with Crippen LogP contribution in [-0.4, -0.2) is 10.9 Å². The van der Waals surface area contributed by atoms with E-state index < -0.39 is 0 Å². The molecule has 2 nitrogen and oxygen atoms in total. The number of hydrogen-bond acceptors (Lipinski definition) is 2. The van der Waals surface area contributed by atoms with Crippen LogP contribution in [0, 0.1) is 6.92 Å². The van der Waals surface area contributed by atoms with Gasteiger partial charge in [-0.3, -0.25) is 4.79 Å². The molecule has 1 aliphatic rings. The predicted octanol–water partition coefficient (Wildman–Crippen LogP) is 3.31. The minimum Gasteiger partial charge on any atom is -0.508 e. The first-order valence-electron chi connectivity index (χ1n) is 5.77. The molecule has 0 amide bonds. The molecule has 1 N–H and O–H groups in total. The molecule has 0 aromatic heterocycles. The van der Waals surface area contributed by atoms with Crippen molar-refractivity contribution in [3.05, 3.63) is 70.8 Å². The minimum atomic E-state index is -0.0404. The van der Waals surface area contributed by atoms with Gasteiger partial charge in [0.25, 0.3) is 0 Å². The van der Waals surface area contributed by atoms with Crippen molar-refractivity contribution in [1.82, 2.24) is 0 Å². The first-order chi connectivity index (χ1) is 8.61. The van der Waals surface area contributed by atoms with Crippen molar-refractivity contribution in [2.45, 2.75) is 6.92 Å². The summed E-state index contributed by atoms with van der Waals surface area (Å²) in [6, 6.07) is 10.8. The number of carbonyl (C=O) groups is 1. The minimum absolute atomic E-state index is 0.0404. The molecule has 2 heteroatoms. The van der Waals surface area contributed by atoms with Crippen LogP contribution in [0.2, 0.25) is 0 Å². The van der Waals surface area contributed by atoms with Crippen molar-refractivity contribution in [2.75, 3.05) is 0 Å². The summed E-state index contributed by atoms with van der Waals surface area (Å²) in [6.07, 6.45) is 0. The summed E-state index contributed by atoms with van der Waals surface area (Å²) in [5.74, 6) is 0.107. The summed E-state index contributed by atoms with van der Waals surface area (Å²) in [5.41, 5.74) is 4.37. The van der Waals surface area contributed by atoms with E-state index >= 15 is 0 Å². The average Bonchev–Trinajstić information content (AvgIpc) is 2.39. The number of fused-ring (bicyclic) bond motifs is 2. The second-order valence-corrected chi connectivity index (χ2v) is 4.49. The molecular formula is C16H12O2. The van der Waals surface area contributed by atoms with Crippen molar-refractivity contribution in [3.63, 3.8) is 0 Å². The van der Waals surface area contributed by atoms with Gasteiger partial charge in [0.15, 0.2) is 5.78 Å². The van der Waals surface area contributed by atoms with Gasteiger partial charge in [-0.1, -0.05) is 30.8 Å². The standard InChI is InChI=1S/C16H12O2/c1-9-11-5-3-4-6-13(11)16(18)15-10(2)14(17)8-7-12(9)15/h3-8,17H,1H2,2H3. The van der Waals surface area contributed by atoms with E-state index in [2.05, 4.69) is 6.58 Å². The van der Waals surface area contributed by atoms with Gasteiger partial charge in [0.05, 0.1) is 0 Å². The van der Waals surface area contributed by atoms with Gasteiger partial charge >= 0.3 is 0 Å². The monoisotopic (exact) mass is 236 g/mol. The van der Waals surface area contributed by atoms with E-state index in [1.54, 1.807) is 25.1 Å². The Hall–Kier alpha value is -2.35. The van der Waals surface area contributed by atoms with Crippen LogP contribution in [0.15, 0.2) is 43.0 Å². The molecule has 0 spiro atoms. The molecule has 0 saturated heterocycles. The van der Waals surface area contributed by atoms with Crippen LogP contribution in [0.1, 0.15) is 32.6 Å². The highest BCUT2D eigenvalue weighted by Gasteiger charge is 2.27. The number of phenolic OH excluding ortho intramolecular Hbond substituents is 1. The lowest BCUT2D eigenvalue weighted by molar-refractivity contribution is 0.103. The molecule has 3 rings (SSSR count). The van der Waals surface area contributed by atoms with Crippen molar-refractivity contribution in [3.8, 4) is 5.75 Å². The Bertz CT molecular complexity index is 696. The number of aromatic hydroxyl groups is 1. The van der Waals surface area contributed by atoms with Gasteiger partial charge in [0.1, 0.15) is 5.75 Å². The summed E-state index contributed by atoms with van der Waals surface area (Å²) >= 11 is 0. The number of phenols is 1. The van der Waals surface area contributed by atoms with E-state index in [0.29, 0.717) is 16.7 Å². The maximum Gasteiger partial charge on any atom is 0.194 e. The lowest BCUT2D eigenvalue weighted by Gasteiger charge is -2.22. The summed E-state index contributed by atoms with van der Waals surface area (Å²) in [5, 5.41) is 9.75. The molecule has 2 aromatic carbocycles. The molecule has 0 aliphatic heterocycles. The summed E-state index contributed by atoms with van der Waals surface area (Å²) in [7, 11) is 0. The van der Waals surface area contributed by atoms with Crippen LogP contribution in [0.4, 0.5) is 0 Å². The summed E-state index contributed by atoms with van der Waals surface area (Å²) < 4.78 is 0. The van der Waals surface area contributed by atoms with E-state index in [1.165, 1.54) is 0 Å². The quantitative estimate of drug-likeness (QED) is 0.650. The molecule has 0 bridgehead atoms.